The summed E-state index contributed by atoms with van der Waals surface area (Å²) in [6, 6.07) is 15.6. The predicted octanol–water partition coefficient (Wildman–Crippen LogP) is 5.45. The van der Waals surface area contributed by atoms with Gasteiger partial charge in [0.25, 0.3) is 11.1 Å². The highest BCUT2D eigenvalue weighted by Gasteiger charge is 2.35. The molecule has 6 nitrogen and oxygen atoms in total. The van der Waals surface area contributed by atoms with Gasteiger partial charge in [-0.05, 0) is 54.6 Å². The average Bonchev–Trinajstić information content (AvgIpc) is 3.37. The lowest BCUT2D eigenvalue weighted by molar-refractivity contribution is -0.132. The van der Waals surface area contributed by atoms with E-state index in [2.05, 4.69) is 13.0 Å². The Balaban J connectivity index is 1.47. The molecule has 2 aromatic carbocycles. The number of aryl methyl sites for hydroxylation is 1. The largest absolute Gasteiger partial charge is 0.341 e. The minimum atomic E-state index is -0.277. The molecule has 35 heavy (non-hydrogen) atoms. The number of carbonyl (C=O) groups excluding carboxylic acids is 3. The minimum absolute atomic E-state index is 0.127. The molecule has 2 aliphatic rings. The Morgan fingerprint density at radius 1 is 1.00 bits per heavy atom. The van der Waals surface area contributed by atoms with E-state index in [1.807, 2.05) is 58.1 Å². The number of nitrogens with zero attached hydrogens (tertiary/aromatic N) is 3. The molecule has 5 rings (SSSR count). The normalized spacial score (nSPS) is 17.7. The number of hydrogen-bond donors (Lipinski definition) is 0. The summed E-state index contributed by atoms with van der Waals surface area (Å²) >= 11 is 0.974. The number of amides is 3. The van der Waals surface area contributed by atoms with Gasteiger partial charge in [0.15, 0.2) is 0 Å². The predicted molar refractivity (Wildman–Crippen MR) is 140 cm³/mol. The fraction of sp³-hybridized carbons (Fsp3) is 0.321. The molecule has 0 unspecified atom stereocenters. The number of likely N-dealkylation sites (tertiary alicyclic amines) is 1. The molecule has 1 aromatic heterocycles. The zero-order chi connectivity index (χ0) is 24.4. The molecule has 0 radical (unpaired) electrons. The van der Waals surface area contributed by atoms with E-state index in [4.69, 9.17) is 0 Å². The summed E-state index contributed by atoms with van der Waals surface area (Å²) in [5.41, 5.74) is 3.95. The molecule has 0 aliphatic carbocycles. The molecular weight excluding hydrogens is 458 g/mol. The van der Waals surface area contributed by atoms with Crippen molar-refractivity contribution >= 4 is 45.8 Å². The molecule has 0 atom stereocenters. The fourth-order valence-corrected chi connectivity index (χ4v) is 5.75. The second kappa shape index (κ2) is 10.1. The molecule has 0 N–H and O–H groups in total. The Kier molecular flexibility index (Phi) is 6.77. The van der Waals surface area contributed by atoms with Crippen molar-refractivity contribution in [2.24, 2.45) is 0 Å². The van der Waals surface area contributed by atoms with Crippen molar-refractivity contribution < 1.29 is 14.4 Å². The van der Waals surface area contributed by atoms with Crippen molar-refractivity contribution in [1.82, 2.24) is 14.4 Å². The first kappa shape index (κ1) is 23.4. The van der Waals surface area contributed by atoms with Crippen molar-refractivity contribution in [3.05, 3.63) is 76.3 Å². The van der Waals surface area contributed by atoms with Crippen molar-refractivity contribution in [2.45, 2.75) is 45.7 Å². The van der Waals surface area contributed by atoms with E-state index in [9.17, 15) is 14.4 Å². The SMILES string of the molecule is CCc1cccc2c(/C=C3\SC(=O)N(Cc4ccccc4)C3=O)cn(CC(=O)N3CCCCC3)c12. The van der Waals surface area contributed by atoms with Crippen molar-refractivity contribution in [3.8, 4) is 0 Å². The number of carbonyl (C=O) groups is 3. The monoisotopic (exact) mass is 487 g/mol. The molecule has 2 saturated heterocycles. The highest BCUT2D eigenvalue weighted by molar-refractivity contribution is 8.18. The van der Waals surface area contributed by atoms with Crippen LogP contribution in [0, 0.1) is 0 Å². The van der Waals surface area contributed by atoms with Crippen LogP contribution >= 0.6 is 11.8 Å². The second-order valence-electron chi connectivity index (χ2n) is 9.07. The molecule has 2 fully saturated rings. The van der Waals surface area contributed by atoms with E-state index < -0.39 is 0 Å². The van der Waals surface area contributed by atoms with E-state index >= 15 is 0 Å². The second-order valence-corrected chi connectivity index (χ2v) is 10.1. The van der Waals surface area contributed by atoms with Gasteiger partial charge in [-0.1, -0.05) is 55.5 Å². The third-order valence-electron chi connectivity index (χ3n) is 6.75. The minimum Gasteiger partial charge on any atom is -0.341 e. The number of aromatic nitrogens is 1. The molecule has 0 spiro atoms. The molecule has 3 amide bonds. The Morgan fingerprint density at radius 3 is 2.51 bits per heavy atom. The summed E-state index contributed by atoms with van der Waals surface area (Å²) in [5, 5.41) is 0.731. The summed E-state index contributed by atoms with van der Waals surface area (Å²) in [6.07, 6.45) is 7.90. The zero-order valence-electron chi connectivity index (χ0n) is 19.9. The third-order valence-corrected chi connectivity index (χ3v) is 7.66. The lowest BCUT2D eigenvalue weighted by atomic mass is 10.1. The highest BCUT2D eigenvalue weighted by Crippen LogP contribution is 2.35. The van der Waals surface area contributed by atoms with Gasteiger partial charge in [-0.25, -0.2) is 0 Å². The first-order chi connectivity index (χ1) is 17.0. The van der Waals surface area contributed by atoms with Crippen LogP contribution in [0.4, 0.5) is 4.79 Å². The van der Waals surface area contributed by atoms with Gasteiger partial charge in [-0.2, -0.15) is 0 Å². The van der Waals surface area contributed by atoms with Gasteiger partial charge in [-0.3, -0.25) is 19.3 Å². The van der Waals surface area contributed by atoms with E-state index in [1.54, 1.807) is 6.08 Å². The maximum absolute atomic E-state index is 13.1. The molecule has 0 bridgehead atoms. The number of piperidine rings is 1. The topological polar surface area (TPSA) is 62.6 Å². The molecule has 180 valence electrons. The summed E-state index contributed by atoms with van der Waals surface area (Å²) in [4.78, 5) is 42.5. The van der Waals surface area contributed by atoms with Crippen molar-refractivity contribution in [1.29, 1.82) is 0 Å². The van der Waals surface area contributed by atoms with Crippen molar-refractivity contribution in [2.75, 3.05) is 13.1 Å². The van der Waals surface area contributed by atoms with Crippen LogP contribution in [0.1, 0.15) is 42.9 Å². The fourth-order valence-electron chi connectivity index (χ4n) is 4.92. The van der Waals surface area contributed by atoms with Crippen molar-refractivity contribution in [3.63, 3.8) is 0 Å². The van der Waals surface area contributed by atoms with E-state index in [0.717, 1.165) is 71.7 Å². The van der Waals surface area contributed by atoms with Gasteiger partial charge >= 0.3 is 0 Å². The number of rotatable bonds is 6. The van der Waals surface area contributed by atoms with Crippen LogP contribution in [0.2, 0.25) is 0 Å². The first-order valence-corrected chi connectivity index (χ1v) is 13.0. The Bertz CT molecular complexity index is 1310. The molecular formula is C28H29N3O3S. The Morgan fingerprint density at radius 2 is 1.77 bits per heavy atom. The molecule has 2 aliphatic heterocycles. The van der Waals surface area contributed by atoms with Crippen LogP contribution in [0.25, 0.3) is 17.0 Å². The van der Waals surface area contributed by atoms with Gasteiger partial charge in [0.2, 0.25) is 5.91 Å². The standard InChI is InChI=1S/C28H29N3O3S/c1-2-21-12-9-13-23-22(18-30(26(21)23)19-25(32)29-14-7-4-8-15-29)16-24-27(33)31(28(34)35-24)17-20-10-5-3-6-11-20/h3,5-6,9-13,16,18H,2,4,7-8,14-15,17,19H2,1H3/b24-16-. The molecule has 0 saturated carbocycles. The first-order valence-electron chi connectivity index (χ1n) is 12.2. The van der Waals surface area contributed by atoms with Gasteiger partial charge in [0.1, 0.15) is 6.54 Å². The average molecular weight is 488 g/mol. The zero-order valence-corrected chi connectivity index (χ0v) is 20.7. The van der Waals surface area contributed by atoms with Gasteiger partial charge in [0, 0.05) is 30.2 Å². The summed E-state index contributed by atoms with van der Waals surface area (Å²) < 4.78 is 2.02. The Labute approximate surface area is 209 Å². The molecule has 3 heterocycles. The smallest absolute Gasteiger partial charge is 0.293 e. The number of fused-ring (bicyclic) bond motifs is 1. The Hall–Kier alpha value is -3.32. The van der Waals surface area contributed by atoms with Gasteiger partial charge in [0.05, 0.1) is 17.0 Å². The van der Waals surface area contributed by atoms with Crippen LogP contribution in [-0.2, 0) is 29.1 Å². The highest BCUT2D eigenvalue weighted by atomic mass is 32.2. The van der Waals surface area contributed by atoms with Crippen LogP contribution in [0.15, 0.2) is 59.6 Å². The summed E-state index contributed by atoms with van der Waals surface area (Å²) in [6.45, 7) is 4.28. The number of benzene rings is 2. The quantitative estimate of drug-likeness (QED) is 0.434. The van der Waals surface area contributed by atoms with Gasteiger partial charge in [-0.15, -0.1) is 0 Å². The van der Waals surface area contributed by atoms with Crippen LogP contribution in [0.5, 0.6) is 0 Å². The summed E-state index contributed by atoms with van der Waals surface area (Å²) in [5.74, 6) is -0.150. The maximum atomic E-state index is 13.1. The molecule has 7 heteroatoms. The van der Waals surface area contributed by atoms with E-state index in [1.165, 1.54) is 11.3 Å². The lowest BCUT2D eigenvalue weighted by Gasteiger charge is -2.27. The van der Waals surface area contributed by atoms with Crippen LogP contribution in [-0.4, -0.2) is 44.5 Å². The number of para-hydroxylation sites is 1. The van der Waals surface area contributed by atoms with Crippen LogP contribution < -0.4 is 0 Å². The van der Waals surface area contributed by atoms with E-state index in [0.29, 0.717) is 4.91 Å². The summed E-state index contributed by atoms with van der Waals surface area (Å²) in [7, 11) is 0. The number of hydrogen-bond acceptors (Lipinski definition) is 4. The maximum Gasteiger partial charge on any atom is 0.293 e. The van der Waals surface area contributed by atoms with Crippen LogP contribution in [0.3, 0.4) is 0 Å². The number of thioether (sulfide) groups is 1. The van der Waals surface area contributed by atoms with Gasteiger partial charge < -0.3 is 9.47 Å². The van der Waals surface area contributed by atoms with E-state index in [-0.39, 0.29) is 30.1 Å². The number of imide groups is 1. The lowest BCUT2D eigenvalue weighted by Crippen LogP contribution is -2.37. The third kappa shape index (κ3) is 4.78. The molecule has 3 aromatic rings.